The first-order valence-corrected chi connectivity index (χ1v) is 5.24. The SMILES string of the molecule is CC1(C(=O)Nc2ccc(F)cn2)CCNC1. The Kier molecular flexibility index (Phi) is 2.87. The monoisotopic (exact) mass is 223 g/mol. The van der Waals surface area contributed by atoms with Gasteiger partial charge >= 0.3 is 0 Å². The number of hydrogen-bond acceptors (Lipinski definition) is 3. The minimum absolute atomic E-state index is 0.0726. The number of anilines is 1. The maximum Gasteiger partial charge on any atom is 0.232 e. The average molecular weight is 223 g/mol. The molecule has 1 unspecified atom stereocenters. The number of nitrogens with one attached hydrogen (secondary N) is 2. The Morgan fingerprint density at radius 3 is 3.00 bits per heavy atom. The topological polar surface area (TPSA) is 54.0 Å². The highest BCUT2D eigenvalue weighted by atomic mass is 19.1. The van der Waals surface area contributed by atoms with E-state index in [1.54, 1.807) is 0 Å². The standard InChI is InChI=1S/C11H14FN3O/c1-11(4-5-13-7-11)10(16)15-9-3-2-8(12)6-14-9/h2-3,6,13H,4-5,7H2,1H3,(H,14,15,16). The maximum atomic E-state index is 12.6. The molecule has 1 aliphatic rings. The fourth-order valence-corrected chi connectivity index (χ4v) is 1.73. The van der Waals surface area contributed by atoms with E-state index in [0.717, 1.165) is 19.2 Å². The molecule has 86 valence electrons. The summed E-state index contributed by atoms with van der Waals surface area (Å²) in [5.74, 6) is -0.0946. The van der Waals surface area contributed by atoms with Gasteiger partial charge in [0.25, 0.3) is 0 Å². The molecule has 2 N–H and O–H groups in total. The summed E-state index contributed by atoms with van der Waals surface area (Å²) < 4.78 is 12.6. The smallest absolute Gasteiger partial charge is 0.232 e. The Morgan fingerprint density at radius 2 is 2.44 bits per heavy atom. The van der Waals surface area contributed by atoms with Crippen LogP contribution < -0.4 is 10.6 Å². The van der Waals surface area contributed by atoms with Crippen LogP contribution in [0.4, 0.5) is 10.2 Å². The minimum atomic E-state index is -0.410. The van der Waals surface area contributed by atoms with Crippen LogP contribution in [-0.4, -0.2) is 24.0 Å². The molecule has 0 spiro atoms. The largest absolute Gasteiger partial charge is 0.316 e. The van der Waals surface area contributed by atoms with Crippen molar-refractivity contribution in [3.63, 3.8) is 0 Å². The zero-order valence-electron chi connectivity index (χ0n) is 9.09. The predicted octanol–water partition coefficient (Wildman–Crippen LogP) is 1.16. The van der Waals surface area contributed by atoms with E-state index < -0.39 is 11.2 Å². The van der Waals surface area contributed by atoms with Gasteiger partial charge in [-0.3, -0.25) is 4.79 Å². The molecule has 0 bridgehead atoms. The second-order valence-electron chi connectivity index (χ2n) is 4.30. The normalized spacial score (nSPS) is 24.4. The molecule has 1 fully saturated rings. The van der Waals surface area contributed by atoms with Gasteiger partial charge in [0.1, 0.15) is 11.6 Å². The number of nitrogens with zero attached hydrogens (tertiary/aromatic N) is 1. The Labute approximate surface area is 93.3 Å². The summed E-state index contributed by atoms with van der Waals surface area (Å²) in [4.78, 5) is 15.7. The van der Waals surface area contributed by atoms with E-state index in [4.69, 9.17) is 0 Å². The third-order valence-electron chi connectivity index (χ3n) is 2.89. The molecule has 0 aliphatic carbocycles. The summed E-state index contributed by atoms with van der Waals surface area (Å²) >= 11 is 0. The van der Waals surface area contributed by atoms with E-state index in [0.29, 0.717) is 12.4 Å². The highest BCUT2D eigenvalue weighted by molar-refractivity contribution is 5.94. The number of amides is 1. The zero-order valence-corrected chi connectivity index (χ0v) is 9.09. The molecule has 0 saturated carbocycles. The number of hydrogen-bond donors (Lipinski definition) is 2. The van der Waals surface area contributed by atoms with Crippen molar-refractivity contribution >= 4 is 11.7 Å². The Bertz CT molecular complexity index is 385. The van der Waals surface area contributed by atoms with Crippen molar-refractivity contribution < 1.29 is 9.18 Å². The second-order valence-corrected chi connectivity index (χ2v) is 4.30. The highest BCUT2D eigenvalue weighted by Gasteiger charge is 2.36. The van der Waals surface area contributed by atoms with Crippen molar-refractivity contribution in [2.75, 3.05) is 18.4 Å². The molecule has 2 heterocycles. The summed E-state index contributed by atoms with van der Waals surface area (Å²) in [5, 5.41) is 5.84. The summed E-state index contributed by atoms with van der Waals surface area (Å²) in [6.07, 6.45) is 1.89. The molecular formula is C11H14FN3O. The number of carbonyl (C=O) groups excluding carboxylic acids is 1. The van der Waals surface area contributed by atoms with Crippen LogP contribution in [0.1, 0.15) is 13.3 Å². The van der Waals surface area contributed by atoms with Gasteiger partial charge in [0.15, 0.2) is 0 Å². The lowest BCUT2D eigenvalue weighted by molar-refractivity contribution is -0.123. The van der Waals surface area contributed by atoms with Gasteiger partial charge < -0.3 is 10.6 Å². The van der Waals surface area contributed by atoms with Gasteiger partial charge in [0.05, 0.1) is 11.6 Å². The van der Waals surface area contributed by atoms with Crippen LogP contribution in [0.2, 0.25) is 0 Å². The third kappa shape index (κ3) is 2.19. The van der Waals surface area contributed by atoms with Crippen LogP contribution in [-0.2, 0) is 4.79 Å². The van der Waals surface area contributed by atoms with E-state index in [1.165, 1.54) is 12.1 Å². The quantitative estimate of drug-likeness (QED) is 0.791. The lowest BCUT2D eigenvalue weighted by atomic mass is 9.89. The molecule has 1 aromatic heterocycles. The molecule has 1 amide bonds. The maximum absolute atomic E-state index is 12.6. The Balaban J connectivity index is 2.04. The molecule has 1 aliphatic heterocycles. The van der Waals surface area contributed by atoms with Gasteiger partial charge in [-0.05, 0) is 32.0 Å². The van der Waals surface area contributed by atoms with Crippen molar-refractivity contribution in [2.24, 2.45) is 5.41 Å². The summed E-state index contributed by atoms with van der Waals surface area (Å²) in [6, 6.07) is 2.73. The molecular weight excluding hydrogens is 209 g/mol. The van der Waals surface area contributed by atoms with Crippen molar-refractivity contribution in [3.8, 4) is 0 Å². The lowest BCUT2D eigenvalue weighted by Crippen LogP contribution is -2.35. The van der Waals surface area contributed by atoms with Gasteiger partial charge in [0, 0.05) is 6.54 Å². The van der Waals surface area contributed by atoms with Gasteiger partial charge in [-0.25, -0.2) is 9.37 Å². The molecule has 1 atom stereocenters. The van der Waals surface area contributed by atoms with Gasteiger partial charge in [-0.2, -0.15) is 0 Å². The first kappa shape index (κ1) is 11.0. The molecule has 0 aromatic carbocycles. The van der Waals surface area contributed by atoms with Gasteiger partial charge in [0.2, 0.25) is 5.91 Å². The molecule has 16 heavy (non-hydrogen) atoms. The van der Waals surface area contributed by atoms with E-state index in [-0.39, 0.29) is 5.91 Å². The summed E-state index contributed by atoms with van der Waals surface area (Å²) in [6.45, 7) is 3.42. The first-order chi connectivity index (χ1) is 7.60. The summed E-state index contributed by atoms with van der Waals surface area (Å²) in [5.41, 5.74) is -0.393. The van der Waals surface area contributed by atoms with Gasteiger partial charge in [-0.15, -0.1) is 0 Å². The molecule has 0 radical (unpaired) electrons. The fraction of sp³-hybridized carbons (Fsp3) is 0.455. The summed E-state index contributed by atoms with van der Waals surface area (Å²) in [7, 11) is 0. The zero-order chi connectivity index (χ0) is 11.6. The highest BCUT2D eigenvalue weighted by Crippen LogP contribution is 2.25. The number of aromatic nitrogens is 1. The van der Waals surface area contributed by atoms with Crippen LogP contribution >= 0.6 is 0 Å². The van der Waals surface area contributed by atoms with E-state index in [2.05, 4.69) is 15.6 Å². The fourth-order valence-electron chi connectivity index (χ4n) is 1.73. The van der Waals surface area contributed by atoms with Crippen LogP contribution in [0.5, 0.6) is 0 Å². The van der Waals surface area contributed by atoms with E-state index in [1.807, 2.05) is 6.92 Å². The molecule has 1 aromatic rings. The lowest BCUT2D eigenvalue weighted by Gasteiger charge is -2.20. The van der Waals surface area contributed by atoms with Crippen LogP contribution in [0.15, 0.2) is 18.3 Å². The molecule has 4 nitrogen and oxygen atoms in total. The Hall–Kier alpha value is -1.49. The van der Waals surface area contributed by atoms with Crippen LogP contribution in [0, 0.1) is 11.2 Å². The number of carbonyl (C=O) groups is 1. The van der Waals surface area contributed by atoms with Crippen molar-refractivity contribution in [1.29, 1.82) is 0 Å². The van der Waals surface area contributed by atoms with Crippen molar-refractivity contribution in [2.45, 2.75) is 13.3 Å². The minimum Gasteiger partial charge on any atom is -0.316 e. The van der Waals surface area contributed by atoms with Crippen molar-refractivity contribution in [1.82, 2.24) is 10.3 Å². The third-order valence-corrected chi connectivity index (χ3v) is 2.89. The molecule has 1 saturated heterocycles. The molecule has 2 rings (SSSR count). The number of halogens is 1. The number of rotatable bonds is 2. The first-order valence-electron chi connectivity index (χ1n) is 5.24. The van der Waals surface area contributed by atoms with E-state index in [9.17, 15) is 9.18 Å². The Morgan fingerprint density at radius 1 is 1.62 bits per heavy atom. The van der Waals surface area contributed by atoms with Crippen LogP contribution in [0.25, 0.3) is 0 Å². The second kappa shape index (κ2) is 4.17. The van der Waals surface area contributed by atoms with Gasteiger partial charge in [-0.1, -0.05) is 0 Å². The van der Waals surface area contributed by atoms with Crippen LogP contribution in [0.3, 0.4) is 0 Å². The average Bonchev–Trinajstić information content (AvgIpc) is 2.70. The predicted molar refractivity (Wildman–Crippen MR) is 58.4 cm³/mol. The number of pyridine rings is 1. The molecule has 5 heteroatoms. The van der Waals surface area contributed by atoms with E-state index >= 15 is 0 Å². The van der Waals surface area contributed by atoms with Crippen molar-refractivity contribution in [3.05, 3.63) is 24.1 Å².